The molecule has 0 bridgehead atoms. The zero-order valence-electron chi connectivity index (χ0n) is 21.6. The van der Waals surface area contributed by atoms with Gasteiger partial charge in [-0.15, -0.1) is 11.3 Å². The average Bonchev–Trinajstić information content (AvgIpc) is 3.35. The van der Waals surface area contributed by atoms with E-state index in [1.807, 2.05) is 17.5 Å². The highest BCUT2D eigenvalue weighted by Gasteiger charge is 2.17. The minimum atomic E-state index is 0.705. The molecule has 2 aliphatic carbocycles. The van der Waals surface area contributed by atoms with E-state index in [4.69, 9.17) is 4.98 Å². The van der Waals surface area contributed by atoms with Gasteiger partial charge in [0.05, 0.1) is 5.69 Å². The van der Waals surface area contributed by atoms with Crippen LogP contribution in [0.2, 0.25) is 0 Å². The molecule has 1 nitrogen and oxygen atoms in total. The van der Waals surface area contributed by atoms with Crippen LogP contribution in [0.4, 0.5) is 0 Å². The number of rotatable bonds is 4. The first-order valence-corrected chi connectivity index (χ1v) is 15.2. The predicted molar refractivity (Wildman–Crippen MR) is 160 cm³/mol. The van der Waals surface area contributed by atoms with Crippen molar-refractivity contribution in [1.29, 1.82) is 0 Å². The fourth-order valence-electron chi connectivity index (χ4n) is 6.79. The number of benzene rings is 3. The first kappa shape index (κ1) is 23.2. The molecule has 0 unspecified atom stereocenters. The molecular weight excluding hydrogens is 466 g/mol. The van der Waals surface area contributed by atoms with Crippen molar-refractivity contribution in [3.8, 4) is 22.4 Å². The quantitative estimate of drug-likeness (QED) is 0.239. The summed E-state index contributed by atoms with van der Waals surface area (Å²) < 4.78 is 2.72. The van der Waals surface area contributed by atoms with Crippen molar-refractivity contribution in [1.82, 2.24) is 4.98 Å². The second-order valence-corrected chi connectivity index (χ2v) is 12.4. The Kier molecular flexibility index (Phi) is 6.30. The van der Waals surface area contributed by atoms with Gasteiger partial charge in [-0.2, -0.15) is 0 Å². The molecule has 2 saturated carbocycles. The van der Waals surface area contributed by atoms with Crippen LogP contribution in [0.3, 0.4) is 0 Å². The number of hydrogen-bond donors (Lipinski definition) is 0. The molecule has 0 aliphatic heterocycles. The molecule has 2 fully saturated rings. The van der Waals surface area contributed by atoms with Gasteiger partial charge in [-0.25, -0.2) is 0 Å². The summed E-state index contributed by atoms with van der Waals surface area (Å²) >= 11 is 1.91. The van der Waals surface area contributed by atoms with Crippen LogP contribution < -0.4 is 0 Å². The molecule has 0 amide bonds. The van der Waals surface area contributed by atoms with Gasteiger partial charge in [-0.3, -0.25) is 4.98 Å². The van der Waals surface area contributed by atoms with Crippen LogP contribution >= 0.6 is 11.3 Å². The third-order valence-electron chi connectivity index (χ3n) is 8.95. The summed E-state index contributed by atoms with van der Waals surface area (Å²) in [6.07, 6.45) is 15.7. The topological polar surface area (TPSA) is 12.9 Å². The predicted octanol–water partition coefficient (Wildman–Crippen LogP) is 10.9. The summed E-state index contributed by atoms with van der Waals surface area (Å²) in [6, 6.07) is 27.9. The lowest BCUT2D eigenvalue weighted by molar-refractivity contribution is 0.443. The van der Waals surface area contributed by atoms with Gasteiger partial charge in [0.2, 0.25) is 0 Å². The molecule has 0 radical (unpaired) electrons. The van der Waals surface area contributed by atoms with Gasteiger partial charge in [0.15, 0.2) is 0 Å². The molecule has 2 heteroatoms. The molecule has 0 N–H and O–H groups in total. The Balaban J connectivity index is 1.19. The SMILES string of the molecule is c1cc(C2CCCCC2)cc(-c2ccc3sc4cc(-c5ccc(C6CCCCC6)cc5)ccc4c3c2)n1. The number of hydrogen-bond acceptors (Lipinski definition) is 2. The fourth-order valence-corrected chi connectivity index (χ4v) is 7.92. The summed E-state index contributed by atoms with van der Waals surface area (Å²) in [7, 11) is 0. The van der Waals surface area contributed by atoms with Crippen molar-refractivity contribution in [2.75, 3.05) is 0 Å². The van der Waals surface area contributed by atoms with Crippen LogP contribution in [-0.4, -0.2) is 4.98 Å². The van der Waals surface area contributed by atoms with Crippen molar-refractivity contribution in [2.24, 2.45) is 0 Å². The van der Waals surface area contributed by atoms with Crippen LogP contribution in [-0.2, 0) is 0 Å². The Hall–Kier alpha value is -2.97. The van der Waals surface area contributed by atoms with Crippen LogP contribution in [0.5, 0.6) is 0 Å². The maximum Gasteiger partial charge on any atom is 0.0705 e. The van der Waals surface area contributed by atoms with E-state index in [0.29, 0.717) is 5.92 Å². The van der Waals surface area contributed by atoms with Crippen LogP contribution in [0.15, 0.2) is 79.0 Å². The Bertz CT molecular complexity index is 1530. The first-order valence-electron chi connectivity index (χ1n) is 14.3. The van der Waals surface area contributed by atoms with E-state index in [2.05, 4.69) is 72.8 Å². The van der Waals surface area contributed by atoms with E-state index < -0.39 is 0 Å². The zero-order valence-corrected chi connectivity index (χ0v) is 22.4. The van der Waals surface area contributed by atoms with Crippen LogP contribution in [0, 0.1) is 0 Å². The van der Waals surface area contributed by atoms with Gasteiger partial charge in [0.25, 0.3) is 0 Å². The molecule has 2 heterocycles. The summed E-state index contributed by atoms with van der Waals surface area (Å²) in [6.45, 7) is 0. The van der Waals surface area contributed by atoms with Crippen molar-refractivity contribution in [2.45, 2.75) is 76.0 Å². The molecule has 186 valence electrons. The van der Waals surface area contributed by atoms with E-state index in [1.54, 1.807) is 0 Å². The monoisotopic (exact) mass is 501 g/mol. The Labute approximate surface area is 224 Å². The molecule has 37 heavy (non-hydrogen) atoms. The normalized spacial score (nSPS) is 17.5. The lowest BCUT2D eigenvalue weighted by Gasteiger charge is -2.22. The van der Waals surface area contributed by atoms with Crippen LogP contribution in [0.1, 0.15) is 87.2 Å². The molecule has 2 aromatic heterocycles. The number of fused-ring (bicyclic) bond motifs is 3. The maximum atomic E-state index is 4.77. The molecule has 0 spiro atoms. The van der Waals surface area contributed by atoms with E-state index >= 15 is 0 Å². The summed E-state index contributed by atoms with van der Waals surface area (Å²) in [5.41, 5.74) is 7.98. The van der Waals surface area contributed by atoms with Gasteiger partial charge < -0.3 is 0 Å². The van der Waals surface area contributed by atoms with Gasteiger partial charge in [0, 0.05) is 31.9 Å². The fraction of sp³-hybridized carbons (Fsp3) is 0.343. The standard InChI is InChI=1S/C35H35NS/c1-3-7-24(8-4-1)26-11-13-27(14-12-26)28-15-17-31-32-21-30(16-18-34(32)37-35(31)23-28)33-22-29(19-20-36-33)25-9-5-2-6-10-25/h11-25H,1-10H2. The van der Waals surface area contributed by atoms with Crippen molar-refractivity contribution < 1.29 is 0 Å². The highest BCUT2D eigenvalue weighted by Crippen LogP contribution is 2.40. The second-order valence-electron chi connectivity index (χ2n) is 11.3. The van der Waals surface area contributed by atoms with Crippen molar-refractivity contribution in [3.05, 3.63) is 90.1 Å². The Morgan fingerprint density at radius 2 is 1.19 bits per heavy atom. The Morgan fingerprint density at radius 3 is 1.95 bits per heavy atom. The van der Waals surface area contributed by atoms with E-state index in [1.165, 1.54) is 112 Å². The molecule has 7 rings (SSSR count). The molecular formula is C35H35NS. The zero-order chi connectivity index (χ0) is 24.6. The first-order chi connectivity index (χ1) is 18.3. The van der Waals surface area contributed by atoms with Crippen molar-refractivity contribution >= 4 is 31.5 Å². The summed E-state index contributed by atoms with van der Waals surface area (Å²) in [4.78, 5) is 4.77. The summed E-state index contributed by atoms with van der Waals surface area (Å²) in [5.74, 6) is 1.47. The Morgan fingerprint density at radius 1 is 0.514 bits per heavy atom. The lowest BCUT2D eigenvalue weighted by atomic mass is 9.84. The second kappa shape index (κ2) is 10.1. The number of nitrogens with zero attached hydrogens (tertiary/aromatic N) is 1. The lowest BCUT2D eigenvalue weighted by Crippen LogP contribution is -2.04. The van der Waals surface area contributed by atoms with E-state index in [0.717, 1.165) is 11.6 Å². The van der Waals surface area contributed by atoms with Gasteiger partial charge in [0.1, 0.15) is 0 Å². The molecule has 5 aromatic rings. The third kappa shape index (κ3) is 4.61. The number of thiophene rings is 1. The van der Waals surface area contributed by atoms with Crippen LogP contribution in [0.25, 0.3) is 42.6 Å². The summed E-state index contributed by atoms with van der Waals surface area (Å²) in [5, 5.41) is 2.70. The van der Waals surface area contributed by atoms with E-state index in [-0.39, 0.29) is 0 Å². The smallest absolute Gasteiger partial charge is 0.0705 e. The number of aromatic nitrogens is 1. The van der Waals surface area contributed by atoms with Gasteiger partial charge in [-0.1, -0.05) is 81.0 Å². The van der Waals surface area contributed by atoms with Gasteiger partial charge >= 0.3 is 0 Å². The average molecular weight is 502 g/mol. The third-order valence-corrected chi connectivity index (χ3v) is 10.1. The highest BCUT2D eigenvalue weighted by molar-refractivity contribution is 7.25. The molecule has 2 aliphatic rings. The highest BCUT2D eigenvalue weighted by atomic mass is 32.1. The largest absolute Gasteiger partial charge is 0.256 e. The minimum absolute atomic E-state index is 0.705. The number of pyridine rings is 1. The molecule has 0 atom stereocenters. The van der Waals surface area contributed by atoms with E-state index in [9.17, 15) is 0 Å². The molecule has 3 aromatic carbocycles. The minimum Gasteiger partial charge on any atom is -0.256 e. The van der Waals surface area contributed by atoms with Crippen molar-refractivity contribution in [3.63, 3.8) is 0 Å². The molecule has 0 saturated heterocycles. The maximum absolute atomic E-state index is 4.77. The van der Waals surface area contributed by atoms with Gasteiger partial charge in [-0.05, 0) is 90.1 Å².